The molecule has 1 spiro atoms. The van der Waals surface area contributed by atoms with Crippen molar-refractivity contribution in [1.82, 2.24) is 0 Å². The van der Waals surface area contributed by atoms with Gasteiger partial charge in [0.25, 0.3) is 0 Å². The number of aliphatic hydroxyl groups is 1. The second-order valence-corrected chi connectivity index (χ2v) is 7.32. The summed E-state index contributed by atoms with van der Waals surface area (Å²) in [6.07, 6.45) is 4.84. The van der Waals surface area contributed by atoms with Crippen LogP contribution in [0.4, 0.5) is 0 Å². The van der Waals surface area contributed by atoms with Crippen molar-refractivity contribution in [2.24, 2.45) is 23.7 Å². The van der Waals surface area contributed by atoms with E-state index in [-0.39, 0.29) is 25.6 Å². The molecule has 7 nitrogen and oxygen atoms in total. The van der Waals surface area contributed by atoms with Crippen LogP contribution in [0.25, 0.3) is 0 Å². The SMILES string of the molecule is CCOC(=O)C(C(=O)OCC)C1CC2(O)[C@H](C)C(=O)O[C@@]23CC=CC[C@H]13. The summed E-state index contributed by atoms with van der Waals surface area (Å²) in [4.78, 5) is 37.3. The van der Waals surface area contributed by atoms with Crippen LogP contribution in [-0.4, -0.2) is 47.4 Å². The first kappa shape index (κ1) is 18.9. The number of ether oxygens (including phenoxy) is 3. The smallest absolute Gasteiger partial charge is 0.320 e. The lowest BCUT2D eigenvalue weighted by Crippen LogP contribution is -2.53. The van der Waals surface area contributed by atoms with Gasteiger partial charge in [0.15, 0.2) is 5.92 Å². The van der Waals surface area contributed by atoms with Gasteiger partial charge < -0.3 is 19.3 Å². The molecule has 7 heteroatoms. The molecule has 144 valence electrons. The molecule has 0 amide bonds. The second-order valence-electron chi connectivity index (χ2n) is 7.32. The summed E-state index contributed by atoms with van der Waals surface area (Å²) < 4.78 is 15.9. The molecule has 2 aliphatic carbocycles. The van der Waals surface area contributed by atoms with Crippen molar-refractivity contribution in [1.29, 1.82) is 0 Å². The van der Waals surface area contributed by atoms with Crippen molar-refractivity contribution >= 4 is 17.9 Å². The number of rotatable bonds is 5. The third-order valence-corrected chi connectivity index (χ3v) is 6.24. The maximum absolute atomic E-state index is 12.6. The monoisotopic (exact) mass is 366 g/mol. The Balaban J connectivity index is 2.02. The number of carbonyl (C=O) groups is 3. The van der Waals surface area contributed by atoms with Gasteiger partial charge in [0.05, 0.1) is 19.1 Å². The van der Waals surface area contributed by atoms with Gasteiger partial charge in [-0.25, -0.2) is 0 Å². The molecule has 2 unspecified atom stereocenters. The van der Waals surface area contributed by atoms with Crippen LogP contribution in [0, 0.1) is 23.7 Å². The van der Waals surface area contributed by atoms with Crippen LogP contribution in [0.15, 0.2) is 12.2 Å². The third kappa shape index (κ3) is 2.47. The van der Waals surface area contributed by atoms with Crippen LogP contribution in [0.3, 0.4) is 0 Å². The lowest BCUT2D eigenvalue weighted by atomic mass is 9.70. The molecule has 1 heterocycles. The fourth-order valence-electron chi connectivity index (χ4n) is 5.01. The normalized spacial score (nSPS) is 37.9. The maximum atomic E-state index is 12.6. The predicted molar refractivity (Wildman–Crippen MR) is 89.7 cm³/mol. The molecular weight excluding hydrogens is 340 g/mol. The van der Waals surface area contributed by atoms with Gasteiger partial charge in [-0.15, -0.1) is 0 Å². The molecule has 1 N–H and O–H groups in total. The lowest BCUT2D eigenvalue weighted by Gasteiger charge is -2.41. The van der Waals surface area contributed by atoms with Crippen molar-refractivity contribution in [3.8, 4) is 0 Å². The fraction of sp³-hybridized carbons (Fsp3) is 0.737. The van der Waals surface area contributed by atoms with Crippen molar-refractivity contribution in [2.45, 2.75) is 51.2 Å². The molecule has 1 saturated heterocycles. The van der Waals surface area contributed by atoms with Crippen LogP contribution in [0.5, 0.6) is 0 Å². The van der Waals surface area contributed by atoms with E-state index in [1.54, 1.807) is 20.8 Å². The van der Waals surface area contributed by atoms with E-state index in [0.29, 0.717) is 12.8 Å². The van der Waals surface area contributed by atoms with Gasteiger partial charge in [0.1, 0.15) is 11.2 Å². The average Bonchev–Trinajstić information content (AvgIpc) is 2.94. The Morgan fingerprint density at radius 1 is 1.27 bits per heavy atom. The first-order valence-corrected chi connectivity index (χ1v) is 9.25. The summed E-state index contributed by atoms with van der Waals surface area (Å²) >= 11 is 0. The Morgan fingerprint density at radius 3 is 2.46 bits per heavy atom. The van der Waals surface area contributed by atoms with E-state index >= 15 is 0 Å². The third-order valence-electron chi connectivity index (χ3n) is 6.24. The highest BCUT2D eigenvalue weighted by molar-refractivity contribution is 5.95. The van der Waals surface area contributed by atoms with Gasteiger partial charge in [-0.05, 0) is 39.5 Å². The number of esters is 3. The standard InChI is InChI=1S/C19H26O7/c1-4-24-16(21)14(17(22)25-5-2)12-10-18(23)11(3)15(20)26-19(18)9-7-6-8-13(12)19/h6-7,11-14,23H,4-5,8-10H2,1-3H3/t11-,12?,13-,18?,19-/m1/s1. The van der Waals surface area contributed by atoms with E-state index in [1.807, 2.05) is 12.2 Å². The first-order valence-electron chi connectivity index (χ1n) is 9.25. The van der Waals surface area contributed by atoms with Gasteiger partial charge in [-0.3, -0.25) is 14.4 Å². The Labute approximate surface area is 152 Å². The molecule has 0 aromatic heterocycles. The Hall–Kier alpha value is -1.89. The molecule has 1 aliphatic heterocycles. The minimum Gasteiger partial charge on any atom is -0.465 e. The van der Waals surface area contributed by atoms with Gasteiger partial charge in [-0.1, -0.05) is 12.2 Å². The summed E-state index contributed by atoms with van der Waals surface area (Å²) in [5.41, 5.74) is -2.51. The molecule has 2 fully saturated rings. The summed E-state index contributed by atoms with van der Waals surface area (Å²) in [7, 11) is 0. The Bertz CT molecular complexity index is 624. The highest BCUT2D eigenvalue weighted by Gasteiger charge is 2.74. The summed E-state index contributed by atoms with van der Waals surface area (Å²) in [6.45, 7) is 5.27. The molecule has 0 aromatic carbocycles. The molecular formula is C19H26O7. The van der Waals surface area contributed by atoms with Crippen molar-refractivity contribution in [2.75, 3.05) is 13.2 Å². The Kier molecular flexibility index (Phi) is 4.86. The molecule has 3 aliphatic rings. The maximum Gasteiger partial charge on any atom is 0.320 e. The molecule has 3 rings (SSSR count). The van der Waals surface area contributed by atoms with Crippen LogP contribution in [0.2, 0.25) is 0 Å². The van der Waals surface area contributed by atoms with Gasteiger partial charge in [0.2, 0.25) is 0 Å². The number of hydrogen-bond acceptors (Lipinski definition) is 7. The quantitative estimate of drug-likeness (QED) is 0.340. The van der Waals surface area contributed by atoms with Crippen LogP contribution < -0.4 is 0 Å². The number of carbonyl (C=O) groups excluding carboxylic acids is 3. The fourth-order valence-corrected chi connectivity index (χ4v) is 5.01. The summed E-state index contributed by atoms with van der Waals surface area (Å²) in [6, 6.07) is 0. The second kappa shape index (κ2) is 6.68. The molecule has 0 aromatic rings. The topological polar surface area (TPSA) is 99.1 Å². The van der Waals surface area contributed by atoms with E-state index < -0.39 is 46.9 Å². The average molecular weight is 366 g/mol. The molecule has 1 saturated carbocycles. The molecule has 0 bridgehead atoms. The summed E-state index contributed by atoms with van der Waals surface area (Å²) in [5, 5.41) is 11.4. The van der Waals surface area contributed by atoms with E-state index in [0.717, 1.165) is 0 Å². The highest BCUT2D eigenvalue weighted by Crippen LogP contribution is 2.62. The van der Waals surface area contributed by atoms with E-state index in [1.165, 1.54) is 0 Å². The van der Waals surface area contributed by atoms with Crippen LogP contribution in [0.1, 0.15) is 40.0 Å². The minimum absolute atomic E-state index is 0.120. The van der Waals surface area contributed by atoms with Crippen LogP contribution in [-0.2, 0) is 28.6 Å². The zero-order valence-corrected chi connectivity index (χ0v) is 15.4. The van der Waals surface area contributed by atoms with Crippen molar-refractivity contribution in [3.05, 3.63) is 12.2 Å². The van der Waals surface area contributed by atoms with Gasteiger partial charge in [-0.2, -0.15) is 0 Å². The van der Waals surface area contributed by atoms with E-state index in [4.69, 9.17) is 14.2 Å². The zero-order valence-electron chi connectivity index (χ0n) is 15.4. The lowest BCUT2D eigenvalue weighted by molar-refractivity contribution is -0.168. The van der Waals surface area contributed by atoms with E-state index in [9.17, 15) is 19.5 Å². The molecule has 5 atom stereocenters. The molecule has 26 heavy (non-hydrogen) atoms. The molecule has 0 radical (unpaired) electrons. The summed E-state index contributed by atoms with van der Waals surface area (Å²) in [5.74, 6) is -4.44. The number of allylic oxidation sites excluding steroid dienone is 1. The zero-order chi connectivity index (χ0) is 19.1. The van der Waals surface area contributed by atoms with Crippen LogP contribution >= 0.6 is 0 Å². The van der Waals surface area contributed by atoms with Crippen molar-refractivity contribution in [3.63, 3.8) is 0 Å². The van der Waals surface area contributed by atoms with Gasteiger partial charge in [0, 0.05) is 12.3 Å². The number of hydrogen-bond donors (Lipinski definition) is 1. The predicted octanol–water partition coefficient (Wildman–Crippen LogP) is 1.38. The highest BCUT2D eigenvalue weighted by atomic mass is 16.6. The van der Waals surface area contributed by atoms with E-state index in [2.05, 4.69) is 0 Å². The minimum atomic E-state index is -1.42. The Morgan fingerprint density at radius 2 is 1.88 bits per heavy atom. The van der Waals surface area contributed by atoms with Gasteiger partial charge >= 0.3 is 17.9 Å². The van der Waals surface area contributed by atoms with Crippen molar-refractivity contribution < 1.29 is 33.7 Å². The largest absolute Gasteiger partial charge is 0.465 e. The first-order chi connectivity index (χ1) is 12.3.